The molecule has 0 radical (unpaired) electrons. The second-order valence-corrected chi connectivity index (χ2v) is 5.99. The molecule has 1 rings (SSSR count). The number of likely N-dealkylation sites (N-methyl/N-ethyl adjacent to an activating group) is 2. The zero-order valence-electron chi connectivity index (χ0n) is 11.9. The molecule has 0 spiro atoms. The molecule has 1 atom stereocenters. The third-order valence-corrected chi connectivity index (χ3v) is 3.69. The van der Waals surface area contributed by atoms with Crippen LogP contribution in [-0.2, 0) is 0 Å². The summed E-state index contributed by atoms with van der Waals surface area (Å²) in [4.78, 5) is 7.07. The van der Waals surface area contributed by atoms with Gasteiger partial charge < -0.3 is 4.90 Å². The predicted octanol–water partition coefficient (Wildman–Crippen LogP) is 0.856. The second kappa shape index (κ2) is 5.81. The third-order valence-electron chi connectivity index (χ3n) is 3.69. The lowest BCUT2D eigenvalue weighted by atomic mass is 9.95. The Bertz CT molecular complexity index is 280. The van der Waals surface area contributed by atoms with Gasteiger partial charge in [0.2, 0.25) is 0 Å². The first-order valence-corrected chi connectivity index (χ1v) is 6.34. The topological polar surface area (TPSA) is 33.5 Å². The van der Waals surface area contributed by atoms with Gasteiger partial charge in [-0.15, -0.1) is 0 Å². The van der Waals surface area contributed by atoms with Gasteiger partial charge in [0.05, 0.1) is 12.5 Å². The Morgan fingerprint density at radius 1 is 1.41 bits per heavy atom. The minimum Gasteiger partial charge on any atom is -0.308 e. The van der Waals surface area contributed by atoms with Gasteiger partial charge in [-0.05, 0) is 35.0 Å². The first-order valence-electron chi connectivity index (χ1n) is 6.34. The number of rotatable bonds is 4. The fourth-order valence-corrected chi connectivity index (χ4v) is 2.52. The van der Waals surface area contributed by atoms with E-state index >= 15 is 0 Å². The van der Waals surface area contributed by atoms with Crippen LogP contribution in [0.25, 0.3) is 0 Å². The van der Waals surface area contributed by atoms with Crippen LogP contribution in [0.1, 0.15) is 20.3 Å². The van der Waals surface area contributed by atoms with Crippen molar-refractivity contribution in [1.82, 2.24) is 14.7 Å². The highest BCUT2D eigenvalue weighted by Crippen LogP contribution is 2.24. The number of nitrogens with zero attached hydrogens (tertiary/aromatic N) is 4. The van der Waals surface area contributed by atoms with E-state index in [9.17, 15) is 0 Å². The molecule has 0 N–H and O–H groups in total. The first kappa shape index (κ1) is 14.4. The molecule has 1 saturated heterocycles. The van der Waals surface area contributed by atoms with Gasteiger partial charge in [0.1, 0.15) is 0 Å². The van der Waals surface area contributed by atoms with Gasteiger partial charge >= 0.3 is 0 Å². The van der Waals surface area contributed by atoms with E-state index in [-0.39, 0.29) is 5.54 Å². The van der Waals surface area contributed by atoms with Gasteiger partial charge in [-0.3, -0.25) is 9.80 Å². The Labute approximate surface area is 106 Å². The van der Waals surface area contributed by atoms with Gasteiger partial charge in [-0.1, -0.05) is 0 Å². The standard InChI is InChI=1S/C13H26N4/c1-13(2)11-16(5)12(6-7-14)10-17(13)9-8-15(3)4/h12H,6,8-11H2,1-5H3. The highest BCUT2D eigenvalue weighted by molar-refractivity contribution is 4.96. The zero-order chi connectivity index (χ0) is 13.1. The van der Waals surface area contributed by atoms with Crippen molar-refractivity contribution < 1.29 is 0 Å². The maximum absolute atomic E-state index is 8.87. The number of nitriles is 1. The van der Waals surface area contributed by atoms with Crippen molar-refractivity contribution in [2.24, 2.45) is 0 Å². The van der Waals surface area contributed by atoms with Crippen LogP contribution in [0.5, 0.6) is 0 Å². The van der Waals surface area contributed by atoms with E-state index in [1.54, 1.807) is 0 Å². The fraction of sp³-hybridized carbons (Fsp3) is 0.923. The van der Waals surface area contributed by atoms with Gasteiger partial charge in [-0.25, -0.2) is 0 Å². The molecule has 0 aromatic heterocycles. The Balaban J connectivity index is 2.63. The van der Waals surface area contributed by atoms with Gasteiger partial charge in [0.25, 0.3) is 0 Å². The molecule has 1 aliphatic rings. The van der Waals surface area contributed by atoms with E-state index in [0.29, 0.717) is 12.5 Å². The van der Waals surface area contributed by atoms with Crippen molar-refractivity contribution in [3.05, 3.63) is 0 Å². The van der Waals surface area contributed by atoms with Crippen LogP contribution in [0, 0.1) is 11.3 Å². The molecule has 1 fully saturated rings. The van der Waals surface area contributed by atoms with Crippen LogP contribution in [0.2, 0.25) is 0 Å². The van der Waals surface area contributed by atoms with Crippen molar-refractivity contribution in [3.63, 3.8) is 0 Å². The van der Waals surface area contributed by atoms with E-state index in [4.69, 9.17) is 5.26 Å². The lowest BCUT2D eigenvalue weighted by molar-refractivity contribution is -0.00613. The van der Waals surface area contributed by atoms with Crippen molar-refractivity contribution >= 4 is 0 Å². The summed E-state index contributed by atoms with van der Waals surface area (Å²) in [6, 6.07) is 2.69. The summed E-state index contributed by atoms with van der Waals surface area (Å²) >= 11 is 0. The molecule has 1 unspecified atom stereocenters. The molecule has 0 bridgehead atoms. The molecule has 0 amide bonds. The number of hydrogen-bond acceptors (Lipinski definition) is 4. The van der Waals surface area contributed by atoms with Gasteiger partial charge in [0, 0.05) is 37.8 Å². The summed E-state index contributed by atoms with van der Waals surface area (Å²) in [6.07, 6.45) is 0.630. The van der Waals surface area contributed by atoms with E-state index in [1.807, 2.05) is 0 Å². The smallest absolute Gasteiger partial charge is 0.0638 e. The molecule has 4 heteroatoms. The van der Waals surface area contributed by atoms with Crippen molar-refractivity contribution in [2.75, 3.05) is 47.3 Å². The second-order valence-electron chi connectivity index (χ2n) is 5.99. The summed E-state index contributed by atoms with van der Waals surface area (Å²) < 4.78 is 0. The lowest BCUT2D eigenvalue weighted by Crippen LogP contribution is -2.62. The van der Waals surface area contributed by atoms with Crippen LogP contribution in [0.4, 0.5) is 0 Å². The molecule has 4 nitrogen and oxygen atoms in total. The maximum Gasteiger partial charge on any atom is 0.0638 e. The van der Waals surface area contributed by atoms with Crippen LogP contribution in [0.3, 0.4) is 0 Å². The summed E-state index contributed by atoms with van der Waals surface area (Å²) in [5, 5.41) is 8.87. The average Bonchev–Trinajstić information content (AvgIpc) is 2.19. The summed E-state index contributed by atoms with van der Waals surface area (Å²) in [7, 11) is 6.35. The van der Waals surface area contributed by atoms with Crippen molar-refractivity contribution in [3.8, 4) is 6.07 Å². The summed E-state index contributed by atoms with van der Waals surface area (Å²) in [5.41, 5.74) is 0.205. The quantitative estimate of drug-likeness (QED) is 0.727. The highest BCUT2D eigenvalue weighted by Gasteiger charge is 2.36. The van der Waals surface area contributed by atoms with Crippen molar-refractivity contribution in [2.45, 2.75) is 31.8 Å². The summed E-state index contributed by atoms with van der Waals surface area (Å²) in [6.45, 7) is 8.78. The molecule has 0 saturated carbocycles. The van der Waals surface area contributed by atoms with E-state index in [1.165, 1.54) is 0 Å². The molecule has 0 aromatic carbocycles. The Kier molecular flexibility index (Phi) is 4.93. The summed E-state index contributed by atoms with van der Waals surface area (Å²) in [5.74, 6) is 0. The maximum atomic E-state index is 8.87. The predicted molar refractivity (Wildman–Crippen MR) is 70.9 cm³/mol. The Morgan fingerprint density at radius 2 is 2.06 bits per heavy atom. The minimum absolute atomic E-state index is 0.205. The fourth-order valence-electron chi connectivity index (χ4n) is 2.52. The van der Waals surface area contributed by atoms with Crippen LogP contribution < -0.4 is 0 Å². The Hall–Kier alpha value is -0.630. The molecular weight excluding hydrogens is 212 g/mol. The van der Waals surface area contributed by atoms with Gasteiger partial charge in [-0.2, -0.15) is 5.26 Å². The minimum atomic E-state index is 0.205. The molecule has 17 heavy (non-hydrogen) atoms. The molecule has 1 heterocycles. The van der Waals surface area contributed by atoms with Crippen molar-refractivity contribution in [1.29, 1.82) is 5.26 Å². The monoisotopic (exact) mass is 238 g/mol. The number of piperazine rings is 1. The van der Waals surface area contributed by atoms with Crippen LogP contribution in [-0.4, -0.2) is 73.6 Å². The number of hydrogen-bond donors (Lipinski definition) is 0. The largest absolute Gasteiger partial charge is 0.308 e. The lowest BCUT2D eigenvalue weighted by Gasteiger charge is -2.50. The molecule has 98 valence electrons. The molecule has 1 aliphatic heterocycles. The molecule has 0 aromatic rings. The van der Waals surface area contributed by atoms with Crippen LogP contribution in [0.15, 0.2) is 0 Å². The Morgan fingerprint density at radius 3 is 2.59 bits per heavy atom. The SMILES string of the molecule is CN(C)CCN1CC(CC#N)N(C)CC1(C)C. The third kappa shape index (κ3) is 3.95. The molecule has 0 aliphatic carbocycles. The molecular formula is C13H26N4. The van der Waals surface area contributed by atoms with Crippen LogP contribution >= 0.6 is 0 Å². The zero-order valence-corrected chi connectivity index (χ0v) is 11.9. The first-order chi connectivity index (χ1) is 7.86. The van der Waals surface area contributed by atoms with Gasteiger partial charge in [0.15, 0.2) is 0 Å². The highest BCUT2D eigenvalue weighted by atomic mass is 15.3. The normalized spacial score (nSPS) is 26.1. The van der Waals surface area contributed by atoms with E-state index in [2.05, 4.69) is 55.8 Å². The van der Waals surface area contributed by atoms with E-state index in [0.717, 1.165) is 26.2 Å². The van der Waals surface area contributed by atoms with E-state index < -0.39 is 0 Å². The average molecular weight is 238 g/mol.